The number of amides is 1. The summed E-state index contributed by atoms with van der Waals surface area (Å²) in [5, 5.41) is 0.721. The van der Waals surface area contributed by atoms with Crippen LogP contribution in [0.4, 0.5) is 5.69 Å². The molecule has 0 radical (unpaired) electrons. The molecule has 0 N–H and O–H groups in total. The van der Waals surface area contributed by atoms with Crippen LogP contribution in [0.3, 0.4) is 0 Å². The lowest BCUT2D eigenvalue weighted by Gasteiger charge is -2.33. The lowest BCUT2D eigenvalue weighted by Crippen LogP contribution is -2.48. The van der Waals surface area contributed by atoms with Gasteiger partial charge in [0.1, 0.15) is 0 Å². The molecule has 15 heavy (non-hydrogen) atoms. The SMILES string of the molecule is CN1CCN(c2ccc(Cl)cc2)CC1=O. The van der Waals surface area contributed by atoms with E-state index in [1.165, 1.54) is 0 Å². The van der Waals surface area contributed by atoms with Crippen LogP contribution in [-0.2, 0) is 4.79 Å². The zero-order valence-corrected chi connectivity index (χ0v) is 9.37. The lowest BCUT2D eigenvalue weighted by atomic mass is 10.2. The maximum atomic E-state index is 11.5. The molecule has 1 aromatic carbocycles. The van der Waals surface area contributed by atoms with Crippen molar-refractivity contribution in [3.05, 3.63) is 29.3 Å². The first-order valence-corrected chi connectivity index (χ1v) is 5.29. The third-order valence-electron chi connectivity index (χ3n) is 2.65. The van der Waals surface area contributed by atoms with Crippen LogP contribution >= 0.6 is 11.6 Å². The number of benzene rings is 1. The van der Waals surface area contributed by atoms with Gasteiger partial charge in [-0.15, -0.1) is 0 Å². The number of hydrogen-bond donors (Lipinski definition) is 0. The molecule has 80 valence electrons. The highest BCUT2D eigenvalue weighted by atomic mass is 35.5. The highest BCUT2D eigenvalue weighted by Gasteiger charge is 2.20. The van der Waals surface area contributed by atoms with E-state index in [1.807, 2.05) is 31.3 Å². The van der Waals surface area contributed by atoms with Crippen LogP contribution < -0.4 is 4.90 Å². The minimum Gasteiger partial charge on any atom is -0.360 e. The molecule has 4 heteroatoms. The van der Waals surface area contributed by atoms with Crippen molar-refractivity contribution in [1.82, 2.24) is 4.90 Å². The standard InChI is InChI=1S/C11H13ClN2O/c1-13-6-7-14(8-11(13)15)10-4-2-9(12)3-5-10/h2-5H,6-8H2,1H3. The Hall–Kier alpha value is -1.22. The summed E-state index contributed by atoms with van der Waals surface area (Å²) in [6, 6.07) is 7.58. The molecule has 3 nitrogen and oxygen atoms in total. The highest BCUT2D eigenvalue weighted by molar-refractivity contribution is 6.30. The molecule has 1 amide bonds. The van der Waals surface area contributed by atoms with E-state index < -0.39 is 0 Å². The maximum Gasteiger partial charge on any atom is 0.241 e. The number of piperazine rings is 1. The summed E-state index contributed by atoms with van der Waals surface area (Å²) in [6.07, 6.45) is 0. The number of likely N-dealkylation sites (N-methyl/N-ethyl adjacent to an activating group) is 1. The van der Waals surface area contributed by atoms with E-state index in [0.29, 0.717) is 6.54 Å². The molecule has 0 saturated carbocycles. The smallest absolute Gasteiger partial charge is 0.241 e. The Balaban J connectivity index is 2.12. The number of carbonyl (C=O) groups is 1. The predicted molar refractivity (Wildman–Crippen MR) is 61.3 cm³/mol. The van der Waals surface area contributed by atoms with Gasteiger partial charge in [0.05, 0.1) is 6.54 Å². The largest absolute Gasteiger partial charge is 0.360 e. The Morgan fingerprint density at radius 2 is 1.87 bits per heavy atom. The van der Waals surface area contributed by atoms with Crippen molar-refractivity contribution in [3.63, 3.8) is 0 Å². The molecule has 0 atom stereocenters. The van der Waals surface area contributed by atoms with E-state index >= 15 is 0 Å². The van der Waals surface area contributed by atoms with Gasteiger partial charge in [0.2, 0.25) is 5.91 Å². The number of nitrogens with zero attached hydrogens (tertiary/aromatic N) is 2. The van der Waals surface area contributed by atoms with E-state index in [2.05, 4.69) is 4.90 Å². The Morgan fingerprint density at radius 1 is 1.20 bits per heavy atom. The van der Waals surface area contributed by atoms with Gasteiger partial charge in [0, 0.05) is 30.8 Å². The molecular weight excluding hydrogens is 212 g/mol. The van der Waals surface area contributed by atoms with Gasteiger partial charge < -0.3 is 9.80 Å². The van der Waals surface area contributed by atoms with E-state index in [4.69, 9.17) is 11.6 Å². The van der Waals surface area contributed by atoms with E-state index in [1.54, 1.807) is 4.90 Å². The third kappa shape index (κ3) is 2.23. The van der Waals surface area contributed by atoms with Crippen molar-refractivity contribution in [2.45, 2.75) is 0 Å². The molecule has 1 aromatic rings. The van der Waals surface area contributed by atoms with E-state index in [-0.39, 0.29) is 5.91 Å². The normalized spacial score (nSPS) is 17.1. The Kier molecular flexibility index (Phi) is 2.82. The molecule has 1 fully saturated rings. The Bertz CT molecular complexity index is 363. The molecule has 2 rings (SSSR count). The van der Waals surface area contributed by atoms with Crippen LogP contribution in [0.25, 0.3) is 0 Å². The van der Waals surface area contributed by atoms with Gasteiger partial charge in [-0.05, 0) is 24.3 Å². The van der Waals surface area contributed by atoms with Crippen molar-refractivity contribution in [2.75, 3.05) is 31.6 Å². The lowest BCUT2D eigenvalue weighted by molar-refractivity contribution is -0.129. The second-order valence-corrected chi connectivity index (χ2v) is 4.15. The first kappa shape index (κ1) is 10.3. The average Bonchev–Trinajstić information content (AvgIpc) is 2.23. The summed E-state index contributed by atoms with van der Waals surface area (Å²) in [5.41, 5.74) is 1.06. The van der Waals surface area contributed by atoms with Crippen molar-refractivity contribution in [1.29, 1.82) is 0 Å². The Morgan fingerprint density at radius 3 is 2.47 bits per heavy atom. The van der Waals surface area contributed by atoms with Crippen LogP contribution in [0.1, 0.15) is 0 Å². The highest BCUT2D eigenvalue weighted by Crippen LogP contribution is 2.19. The first-order chi connectivity index (χ1) is 7.16. The van der Waals surface area contributed by atoms with Gasteiger partial charge in [-0.2, -0.15) is 0 Å². The molecule has 0 bridgehead atoms. The summed E-state index contributed by atoms with van der Waals surface area (Å²) in [7, 11) is 1.83. The topological polar surface area (TPSA) is 23.6 Å². The second-order valence-electron chi connectivity index (χ2n) is 3.71. The molecule has 1 saturated heterocycles. The molecule has 0 aromatic heterocycles. The minimum absolute atomic E-state index is 0.163. The first-order valence-electron chi connectivity index (χ1n) is 4.91. The molecule has 0 spiro atoms. The molecule has 1 heterocycles. The number of halogens is 1. The van der Waals surface area contributed by atoms with Crippen molar-refractivity contribution < 1.29 is 4.79 Å². The minimum atomic E-state index is 0.163. The van der Waals surface area contributed by atoms with E-state index in [9.17, 15) is 4.79 Å². The van der Waals surface area contributed by atoms with Crippen LogP contribution in [0.5, 0.6) is 0 Å². The molecule has 1 aliphatic heterocycles. The average molecular weight is 225 g/mol. The number of hydrogen-bond acceptors (Lipinski definition) is 2. The van der Waals surface area contributed by atoms with Gasteiger partial charge in [0.15, 0.2) is 0 Å². The van der Waals surface area contributed by atoms with E-state index in [0.717, 1.165) is 23.8 Å². The van der Waals surface area contributed by atoms with Gasteiger partial charge >= 0.3 is 0 Å². The fraction of sp³-hybridized carbons (Fsp3) is 0.364. The Labute approximate surface area is 94.2 Å². The third-order valence-corrected chi connectivity index (χ3v) is 2.90. The number of carbonyl (C=O) groups excluding carboxylic acids is 1. The fourth-order valence-corrected chi connectivity index (χ4v) is 1.76. The number of rotatable bonds is 1. The second kappa shape index (κ2) is 4.11. The van der Waals surface area contributed by atoms with Gasteiger partial charge in [-0.25, -0.2) is 0 Å². The van der Waals surface area contributed by atoms with Gasteiger partial charge in [-0.1, -0.05) is 11.6 Å². The van der Waals surface area contributed by atoms with Crippen molar-refractivity contribution >= 4 is 23.2 Å². The zero-order valence-electron chi connectivity index (χ0n) is 8.61. The van der Waals surface area contributed by atoms with Crippen LogP contribution in [0.2, 0.25) is 5.02 Å². The van der Waals surface area contributed by atoms with Crippen LogP contribution in [0.15, 0.2) is 24.3 Å². The van der Waals surface area contributed by atoms with Gasteiger partial charge in [-0.3, -0.25) is 4.79 Å². The number of anilines is 1. The zero-order chi connectivity index (χ0) is 10.8. The summed E-state index contributed by atoms with van der Waals surface area (Å²) in [4.78, 5) is 15.3. The molecule has 1 aliphatic rings. The van der Waals surface area contributed by atoms with Crippen LogP contribution in [-0.4, -0.2) is 37.5 Å². The summed E-state index contributed by atoms with van der Waals surface area (Å²) in [6.45, 7) is 2.11. The molecule has 0 aliphatic carbocycles. The quantitative estimate of drug-likeness (QED) is 0.724. The monoisotopic (exact) mass is 224 g/mol. The summed E-state index contributed by atoms with van der Waals surface area (Å²) < 4.78 is 0. The van der Waals surface area contributed by atoms with Crippen molar-refractivity contribution in [3.8, 4) is 0 Å². The fourth-order valence-electron chi connectivity index (χ4n) is 1.63. The maximum absolute atomic E-state index is 11.5. The van der Waals surface area contributed by atoms with Crippen LogP contribution in [0, 0.1) is 0 Å². The summed E-state index contributed by atoms with van der Waals surface area (Å²) >= 11 is 5.81. The predicted octanol–water partition coefficient (Wildman–Crippen LogP) is 1.62. The van der Waals surface area contributed by atoms with Gasteiger partial charge in [0.25, 0.3) is 0 Å². The molecular formula is C11H13ClN2O. The molecule has 0 unspecified atom stereocenters. The summed E-state index contributed by atoms with van der Waals surface area (Å²) in [5.74, 6) is 0.163. The van der Waals surface area contributed by atoms with Crippen molar-refractivity contribution in [2.24, 2.45) is 0 Å².